The van der Waals surface area contributed by atoms with E-state index in [9.17, 15) is 0 Å². The van der Waals surface area contributed by atoms with Crippen LogP contribution >= 0.6 is 34.2 Å². The number of ether oxygens (including phenoxy) is 1. The van der Waals surface area contributed by atoms with E-state index in [-0.39, 0.29) is 0 Å². The van der Waals surface area contributed by atoms with E-state index in [1.807, 2.05) is 48.5 Å². The van der Waals surface area contributed by atoms with E-state index in [4.69, 9.17) is 16.3 Å². The minimum atomic E-state index is 0.503. The van der Waals surface area contributed by atoms with Gasteiger partial charge in [-0.2, -0.15) is 0 Å². The molecule has 0 amide bonds. The molecule has 0 aliphatic carbocycles. The van der Waals surface area contributed by atoms with Crippen LogP contribution in [0.3, 0.4) is 0 Å². The molecule has 1 nitrogen and oxygen atoms in total. The second kappa shape index (κ2) is 5.55. The van der Waals surface area contributed by atoms with E-state index in [2.05, 4.69) is 22.6 Å². The molecule has 0 radical (unpaired) electrons. The van der Waals surface area contributed by atoms with Crippen molar-refractivity contribution < 1.29 is 4.74 Å². The van der Waals surface area contributed by atoms with Crippen molar-refractivity contribution in [2.24, 2.45) is 0 Å². The van der Waals surface area contributed by atoms with Crippen LogP contribution in [0.15, 0.2) is 48.5 Å². The van der Waals surface area contributed by atoms with Crippen molar-refractivity contribution in [3.05, 3.63) is 57.7 Å². The minimum Gasteiger partial charge on any atom is -0.457 e. The SMILES string of the molecule is ClCc1cccc(Oc2cccc(I)c2)c1. The summed E-state index contributed by atoms with van der Waals surface area (Å²) in [4.78, 5) is 0. The lowest BCUT2D eigenvalue weighted by Gasteiger charge is -2.06. The Kier molecular flexibility index (Phi) is 4.07. The lowest BCUT2D eigenvalue weighted by Crippen LogP contribution is -1.86. The molecular formula is C13H10ClIO. The van der Waals surface area contributed by atoms with Gasteiger partial charge in [0.2, 0.25) is 0 Å². The standard InChI is InChI=1S/C13H10ClIO/c14-9-10-3-1-5-12(7-10)16-13-6-2-4-11(15)8-13/h1-8H,9H2. The van der Waals surface area contributed by atoms with Crippen LogP contribution in [-0.2, 0) is 5.88 Å². The Hall–Kier alpha value is -0.740. The number of benzene rings is 2. The van der Waals surface area contributed by atoms with Gasteiger partial charge < -0.3 is 4.74 Å². The molecule has 0 aliphatic rings. The summed E-state index contributed by atoms with van der Waals surface area (Å²) < 4.78 is 6.89. The molecule has 0 spiro atoms. The summed E-state index contributed by atoms with van der Waals surface area (Å²) >= 11 is 8.03. The maximum Gasteiger partial charge on any atom is 0.128 e. The van der Waals surface area contributed by atoms with Crippen LogP contribution in [0, 0.1) is 3.57 Å². The molecule has 0 bridgehead atoms. The van der Waals surface area contributed by atoms with Gasteiger partial charge in [-0.25, -0.2) is 0 Å². The Morgan fingerprint density at radius 3 is 2.38 bits per heavy atom. The predicted molar refractivity (Wildman–Crippen MR) is 75.2 cm³/mol. The average molecular weight is 345 g/mol. The highest BCUT2D eigenvalue weighted by molar-refractivity contribution is 14.1. The second-order valence-electron chi connectivity index (χ2n) is 3.34. The van der Waals surface area contributed by atoms with Crippen LogP contribution in [-0.4, -0.2) is 0 Å². The highest BCUT2D eigenvalue weighted by Gasteiger charge is 1.99. The lowest BCUT2D eigenvalue weighted by molar-refractivity contribution is 0.482. The molecule has 82 valence electrons. The molecule has 0 saturated carbocycles. The average Bonchev–Trinajstić information content (AvgIpc) is 2.29. The normalized spacial score (nSPS) is 10.1. The second-order valence-corrected chi connectivity index (χ2v) is 4.85. The van der Waals surface area contributed by atoms with Crippen molar-refractivity contribution in [3.8, 4) is 11.5 Å². The number of halogens is 2. The summed E-state index contributed by atoms with van der Waals surface area (Å²) in [6.07, 6.45) is 0. The number of alkyl halides is 1. The molecule has 0 unspecified atom stereocenters. The summed E-state index contributed by atoms with van der Waals surface area (Å²) in [6.45, 7) is 0. The van der Waals surface area contributed by atoms with Gasteiger partial charge in [-0.1, -0.05) is 18.2 Å². The third-order valence-electron chi connectivity index (χ3n) is 2.08. The highest BCUT2D eigenvalue weighted by atomic mass is 127. The van der Waals surface area contributed by atoms with Crippen molar-refractivity contribution >= 4 is 34.2 Å². The summed E-state index contributed by atoms with van der Waals surface area (Å²) in [5.74, 6) is 2.17. The van der Waals surface area contributed by atoms with Crippen LogP contribution in [0.4, 0.5) is 0 Å². The zero-order chi connectivity index (χ0) is 11.4. The Labute approximate surface area is 114 Å². The first kappa shape index (κ1) is 11.7. The first-order valence-corrected chi connectivity index (χ1v) is 6.47. The third-order valence-corrected chi connectivity index (χ3v) is 3.06. The molecule has 0 aromatic heterocycles. The first-order valence-electron chi connectivity index (χ1n) is 4.86. The van der Waals surface area contributed by atoms with Crippen LogP contribution in [0.2, 0.25) is 0 Å². The van der Waals surface area contributed by atoms with Gasteiger partial charge in [0.25, 0.3) is 0 Å². The van der Waals surface area contributed by atoms with Crippen molar-refractivity contribution in [2.45, 2.75) is 5.88 Å². The van der Waals surface area contributed by atoms with Gasteiger partial charge in [0.15, 0.2) is 0 Å². The fraction of sp³-hybridized carbons (Fsp3) is 0.0769. The molecule has 0 aliphatic heterocycles. The predicted octanol–water partition coefficient (Wildman–Crippen LogP) is 4.82. The maximum atomic E-state index is 5.77. The summed E-state index contributed by atoms with van der Waals surface area (Å²) in [7, 11) is 0. The minimum absolute atomic E-state index is 0.503. The molecule has 0 fully saturated rings. The molecule has 3 heteroatoms. The Morgan fingerprint density at radius 2 is 1.69 bits per heavy atom. The topological polar surface area (TPSA) is 9.23 Å². The van der Waals surface area contributed by atoms with E-state index in [1.54, 1.807) is 0 Å². The maximum absolute atomic E-state index is 5.77. The molecule has 2 aromatic rings. The fourth-order valence-electron chi connectivity index (χ4n) is 1.36. The molecular weight excluding hydrogens is 334 g/mol. The summed E-state index contributed by atoms with van der Waals surface area (Å²) in [6, 6.07) is 15.7. The van der Waals surface area contributed by atoms with Crippen molar-refractivity contribution in [3.63, 3.8) is 0 Å². The molecule has 0 saturated heterocycles. The molecule has 0 N–H and O–H groups in total. The molecule has 0 atom stereocenters. The van der Waals surface area contributed by atoms with Crippen LogP contribution in [0.25, 0.3) is 0 Å². The largest absolute Gasteiger partial charge is 0.457 e. The zero-order valence-electron chi connectivity index (χ0n) is 8.49. The summed E-state index contributed by atoms with van der Waals surface area (Å²) in [5, 5.41) is 0. The molecule has 2 aromatic carbocycles. The zero-order valence-corrected chi connectivity index (χ0v) is 11.4. The van der Waals surface area contributed by atoms with Gasteiger partial charge in [0, 0.05) is 9.45 Å². The van der Waals surface area contributed by atoms with Crippen LogP contribution in [0.5, 0.6) is 11.5 Å². The Morgan fingerprint density at radius 1 is 1.00 bits per heavy atom. The van der Waals surface area contributed by atoms with Crippen molar-refractivity contribution in [1.82, 2.24) is 0 Å². The van der Waals surface area contributed by atoms with Gasteiger partial charge in [-0.15, -0.1) is 11.6 Å². The molecule has 2 rings (SSSR count). The van der Waals surface area contributed by atoms with Gasteiger partial charge in [-0.3, -0.25) is 0 Å². The van der Waals surface area contributed by atoms with Crippen molar-refractivity contribution in [2.75, 3.05) is 0 Å². The van der Waals surface area contributed by atoms with E-state index < -0.39 is 0 Å². The molecule has 16 heavy (non-hydrogen) atoms. The first-order chi connectivity index (χ1) is 7.78. The highest BCUT2D eigenvalue weighted by Crippen LogP contribution is 2.24. The van der Waals surface area contributed by atoms with Crippen LogP contribution in [0.1, 0.15) is 5.56 Å². The van der Waals surface area contributed by atoms with E-state index in [0.29, 0.717) is 5.88 Å². The van der Waals surface area contributed by atoms with Gasteiger partial charge in [0.1, 0.15) is 11.5 Å². The molecule has 0 heterocycles. The number of hydrogen-bond donors (Lipinski definition) is 0. The van der Waals surface area contributed by atoms with E-state index >= 15 is 0 Å². The number of hydrogen-bond acceptors (Lipinski definition) is 1. The van der Waals surface area contributed by atoms with E-state index in [0.717, 1.165) is 20.6 Å². The van der Waals surface area contributed by atoms with Gasteiger partial charge in [-0.05, 0) is 58.5 Å². The van der Waals surface area contributed by atoms with Crippen LogP contribution < -0.4 is 4.74 Å². The summed E-state index contributed by atoms with van der Waals surface area (Å²) in [5.41, 5.74) is 1.06. The Bertz CT molecular complexity index is 485. The van der Waals surface area contributed by atoms with E-state index in [1.165, 1.54) is 0 Å². The lowest BCUT2D eigenvalue weighted by atomic mass is 10.2. The van der Waals surface area contributed by atoms with Crippen molar-refractivity contribution in [1.29, 1.82) is 0 Å². The monoisotopic (exact) mass is 344 g/mol. The fourth-order valence-corrected chi connectivity index (χ4v) is 2.04. The Balaban J connectivity index is 2.20. The number of rotatable bonds is 3. The smallest absolute Gasteiger partial charge is 0.128 e. The van der Waals surface area contributed by atoms with Gasteiger partial charge in [0.05, 0.1) is 0 Å². The van der Waals surface area contributed by atoms with Gasteiger partial charge >= 0.3 is 0 Å². The quantitative estimate of drug-likeness (QED) is 0.573. The third kappa shape index (κ3) is 3.12.